The summed E-state index contributed by atoms with van der Waals surface area (Å²) in [5.74, 6) is 0.539. The van der Waals surface area contributed by atoms with Crippen LogP contribution >= 0.6 is 11.8 Å². The molecule has 0 fully saturated rings. The minimum Gasteiger partial charge on any atom is -0.399 e. The number of aliphatic hydroxyl groups excluding tert-OH is 1. The van der Waals surface area contributed by atoms with Gasteiger partial charge in [0.25, 0.3) is 5.91 Å². The van der Waals surface area contributed by atoms with Gasteiger partial charge < -0.3 is 21.5 Å². The van der Waals surface area contributed by atoms with Gasteiger partial charge in [-0.1, -0.05) is 55.9 Å². The lowest BCUT2D eigenvalue weighted by molar-refractivity contribution is 0.0849. The van der Waals surface area contributed by atoms with E-state index in [2.05, 4.69) is 34.4 Å². The Morgan fingerprint density at radius 3 is 2.46 bits per heavy atom. The second kappa shape index (κ2) is 12.0. The van der Waals surface area contributed by atoms with E-state index in [0.717, 1.165) is 26.4 Å². The number of fused-ring (bicyclic) bond motifs is 1. The second-order valence-corrected chi connectivity index (χ2v) is 11.4. The van der Waals surface area contributed by atoms with Gasteiger partial charge in [-0.05, 0) is 73.0 Å². The van der Waals surface area contributed by atoms with Crippen molar-refractivity contribution in [1.29, 1.82) is 0 Å². The molecule has 2 heterocycles. The number of pyridine rings is 1. The number of hydrogen-bond donors (Lipinski definition) is 4. The first-order valence-corrected chi connectivity index (χ1v) is 14.1. The van der Waals surface area contributed by atoms with Gasteiger partial charge in [-0.15, -0.1) is 0 Å². The first-order valence-electron chi connectivity index (χ1n) is 13.3. The summed E-state index contributed by atoms with van der Waals surface area (Å²) in [5.41, 5.74) is 9.10. The van der Waals surface area contributed by atoms with Crippen molar-refractivity contribution >= 4 is 45.9 Å². The molecule has 5 aromatic rings. The van der Waals surface area contributed by atoms with Gasteiger partial charge in [0.2, 0.25) is 0 Å². The van der Waals surface area contributed by atoms with E-state index < -0.39 is 5.54 Å². The molecule has 0 saturated carbocycles. The highest BCUT2D eigenvalue weighted by atomic mass is 32.2. The van der Waals surface area contributed by atoms with Crippen LogP contribution < -0.4 is 16.4 Å². The summed E-state index contributed by atoms with van der Waals surface area (Å²) in [5, 5.41) is 17.4. The number of benzene rings is 3. The van der Waals surface area contributed by atoms with Crippen LogP contribution in [-0.2, 0) is 5.54 Å². The van der Waals surface area contributed by atoms with E-state index in [1.807, 2.05) is 72.8 Å². The number of nitrogens with two attached hydrogens (primary N) is 1. The normalized spacial score (nSPS) is 12.7. The molecule has 5 rings (SSSR count). The number of hydrogen-bond acceptors (Lipinski definition) is 8. The van der Waals surface area contributed by atoms with E-state index in [9.17, 15) is 9.90 Å². The highest BCUT2D eigenvalue weighted by Crippen LogP contribution is 2.37. The first-order chi connectivity index (χ1) is 19.8. The quantitative estimate of drug-likeness (QED) is 0.155. The summed E-state index contributed by atoms with van der Waals surface area (Å²) in [7, 11) is 0. The number of nitrogens with one attached hydrogen (secondary N) is 2. The number of carbonyl (C=O) groups is 1. The topological polar surface area (TPSA) is 126 Å². The first kappa shape index (κ1) is 28.1. The van der Waals surface area contributed by atoms with Gasteiger partial charge in [0.05, 0.1) is 23.2 Å². The molecule has 0 aliphatic carbocycles. The zero-order valence-corrected chi connectivity index (χ0v) is 23.9. The minimum absolute atomic E-state index is 0.253. The lowest BCUT2D eigenvalue weighted by Gasteiger charge is -2.29. The number of amides is 1. The van der Waals surface area contributed by atoms with E-state index in [4.69, 9.17) is 10.7 Å². The van der Waals surface area contributed by atoms with Gasteiger partial charge in [-0.3, -0.25) is 4.79 Å². The van der Waals surface area contributed by atoms with E-state index in [-0.39, 0.29) is 18.4 Å². The lowest BCUT2D eigenvalue weighted by atomic mass is 9.92. The number of nitrogen functional groups attached to an aromatic ring is 1. The van der Waals surface area contributed by atoms with Crippen LogP contribution in [0.4, 0.5) is 17.2 Å². The van der Waals surface area contributed by atoms with E-state index >= 15 is 0 Å². The van der Waals surface area contributed by atoms with Crippen molar-refractivity contribution in [2.45, 2.75) is 42.0 Å². The maximum atomic E-state index is 13.5. The summed E-state index contributed by atoms with van der Waals surface area (Å²) in [6.45, 7) is 5.73. The van der Waals surface area contributed by atoms with Crippen LogP contribution in [0.25, 0.3) is 11.0 Å². The van der Waals surface area contributed by atoms with Crippen LogP contribution in [0.3, 0.4) is 0 Å². The van der Waals surface area contributed by atoms with Crippen molar-refractivity contribution in [3.8, 4) is 0 Å². The van der Waals surface area contributed by atoms with Crippen LogP contribution in [0.15, 0.2) is 101 Å². The molecule has 1 amide bonds. The van der Waals surface area contributed by atoms with Gasteiger partial charge in [0, 0.05) is 26.7 Å². The maximum absolute atomic E-state index is 13.5. The molecule has 2 aromatic heterocycles. The zero-order chi connectivity index (χ0) is 29.0. The van der Waals surface area contributed by atoms with Crippen molar-refractivity contribution in [3.63, 3.8) is 0 Å². The Balaban J connectivity index is 1.52. The number of nitrogens with zero attached hydrogens (tertiary/aromatic N) is 3. The molecule has 41 heavy (non-hydrogen) atoms. The van der Waals surface area contributed by atoms with Crippen molar-refractivity contribution in [3.05, 3.63) is 108 Å². The van der Waals surface area contributed by atoms with E-state index in [1.54, 1.807) is 30.8 Å². The minimum atomic E-state index is -0.952. The molecule has 0 saturated heterocycles. The van der Waals surface area contributed by atoms with Gasteiger partial charge in [0.15, 0.2) is 5.65 Å². The fourth-order valence-electron chi connectivity index (χ4n) is 4.36. The molecule has 0 aliphatic heterocycles. The molecule has 9 heteroatoms. The smallest absolute Gasteiger partial charge is 0.252 e. The molecule has 0 radical (unpaired) electrons. The number of carbonyl (C=O) groups excluding carboxylic acids is 1. The van der Waals surface area contributed by atoms with E-state index in [1.165, 1.54) is 6.33 Å². The monoisotopic (exact) mass is 564 g/mol. The SMILES string of the molecule is CC(C)c1ccc2c(Nc3cc(C(=O)NC(C)(CO)c4ccccc4)ccc3Sc3ccc(N)cc3)ncnc2n1. The van der Waals surface area contributed by atoms with E-state index in [0.29, 0.717) is 28.4 Å². The standard InChI is InChI=1S/C32H32N6O2S/c1-20(2)26-15-14-25-29(36-26)34-19-35-30(25)37-27-17-21(9-16-28(27)41-24-12-10-23(33)11-13-24)31(40)38-32(3,18-39)22-7-5-4-6-8-22/h4-17,19-20,39H,18,33H2,1-3H3,(H,38,40)(H,34,35,36,37). The fraction of sp³-hybridized carbons (Fsp3) is 0.188. The Labute approximate surface area is 243 Å². The highest BCUT2D eigenvalue weighted by molar-refractivity contribution is 7.99. The molecule has 0 bridgehead atoms. The van der Waals surface area contributed by atoms with Crippen molar-refractivity contribution in [1.82, 2.24) is 20.3 Å². The summed E-state index contributed by atoms with van der Waals surface area (Å²) in [6.07, 6.45) is 1.48. The predicted octanol–water partition coefficient (Wildman–Crippen LogP) is 6.26. The maximum Gasteiger partial charge on any atom is 0.252 e. The third kappa shape index (κ3) is 6.32. The molecule has 208 valence electrons. The summed E-state index contributed by atoms with van der Waals surface area (Å²) >= 11 is 1.54. The third-order valence-corrected chi connectivity index (χ3v) is 7.91. The van der Waals surface area contributed by atoms with Crippen LogP contribution in [0, 0.1) is 0 Å². The third-order valence-electron chi connectivity index (χ3n) is 6.83. The Bertz CT molecular complexity index is 1680. The van der Waals surface area contributed by atoms with Crippen LogP contribution in [-0.4, -0.2) is 32.6 Å². The Morgan fingerprint density at radius 1 is 1.00 bits per heavy atom. The fourth-order valence-corrected chi connectivity index (χ4v) is 5.24. The van der Waals surface area contributed by atoms with Crippen LogP contribution in [0.1, 0.15) is 48.3 Å². The average molecular weight is 565 g/mol. The molecule has 0 spiro atoms. The Morgan fingerprint density at radius 2 is 1.76 bits per heavy atom. The van der Waals surface area contributed by atoms with Gasteiger partial charge >= 0.3 is 0 Å². The Kier molecular flexibility index (Phi) is 8.19. The second-order valence-electron chi connectivity index (χ2n) is 10.3. The van der Waals surface area contributed by atoms with Crippen molar-refractivity contribution in [2.24, 2.45) is 0 Å². The number of aliphatic hydroxyl groups is 1. The van der Waals surface area contributed by atoms with Crippen LogP contribution in [0.5, 0.6) is 0 Å². The van der Waals surface area contributed by atoms with Crippen molar-refractivity contribution < 1.29 is 9.90 Å². The largest absolute Gasteiger partial charge is 0.399 e. The summed E-state index contributed by atoms with van der Waals surface area (Å²) in [6, 6.07) is 26.5. The molecule has 5 N–H and O–H groups in total. The summed E-state index contributed by atoms with van der Waals surface area (Å²) in [4.78, 5) is 29.0. The molecule has 3 aromatic carbocycles. The molecule has 8 nitrogen and oxygen atoms in total. The molecule has 0 aliphatic rings. The number of rotatable bonds is 9. The number of aromatic nitrogens is 3. The molecule has 1 unspecified atom stereocenters. The molecule has 1 atom stereocenters. The number of anilines is 3. The molecular weight excluding hydrogens is 532 g/mol. The van der Waals surface area contributed by atoms with Gasteiger partial charge in [-0.25, -0.2) is 15.0 Å². The zero-order valence-electron chi connectivity index (χ0n) is 23.1. The van der Waals surface area contributed by atoms with Gasteiger partial charge in [0.1, 0.15) is 12.1 Å². The lowest BCUT2D eigenvalue weighted by Crippen LogP contribution is -2.46. The predicted molar refractivity (Wildman–Crippen MR) is 164 cm³/mol. The summed E-state index contributed by atoms with van der Waals surface area (Å²) < 4.78 is 0. The average Bonchev–Trinajstić information content (AvgIpc) is 2.99. The Hall–Kier alpha value is -4.47. The van der Waals surface area contributed by atoms with Crippen molar-refractivity contribution in [2.75, 3.05) is 17.7 Å². The van der Waals surface area contributed by atoms with Crippen LogP contribution in [0.2, 0.25) is 0 Å². The highest BCUT2D eigenvalue weighted by Gasteiger charge is 2.28. The van der Waals surface area contributed by atoms with Gasteiger partial charge in [-0.2, -0.15) is 0 Å². The molecular formula is C32H32N6O2S.